The van der Waals surface area contributed by atoms with Crippen LogP contribution in [0.25, 0.3) is 10.8 Å². The molecule has 0 atom stereocenters. The van der Waals surface area contributed by atoms with Crippen LogP contribution in [0.4, 0.5) is 11.4 Å². The van der Waals surface area contributed by atoms with Gasteiger partial charge in [0.25, 0.3) is 0 Å². The molecule has 6 heteroatoms. The summed E-state index contributed by atoms with van der Waals surface area (Å²) >= 11 is 0. The quantitative estimate of drug-likeness (QED) is 0.410. The second-order valence-electron chi connectivity index (χ2n) is 7.45. The number of rotatable bonds is 9. The van der Waals surface area contributed by atoms with Gasteiger partial charge in [0.2, 0.25) is 5.91 Å². The predicted octanol–water partition coefficient (Wildman–Crippen LogP) is 5.26. The standard InChI is InChI=1S/C25H30N2O4/c1-5-6-12-26-24-16(2)25(29)20(15-23(28)27-17-10-8-7-9-11-17)18-13-21(30-3)22(31-4)14-19(18)24/h7-11,13-14,26,29H,5-6,12,15H2,1-4H3,(H,27,28). The van der Waals surface area contributed by atoms with Crippen LogP contribution in [-0.4, -0.2) is 31.8 Å². The van der Waals surface area contributed by atoms with Crippen molar-refractivity contribution in [1.29, 1.82) is 0 Å². The van der Waals surface area contributed by atoms with Crippen LogP contribution in [0, 0.1) is 6.92 Å². The molecular weight excluding hydrogens is 392 g/mol. The Balaban J connectivity index is 2.10. The molecule has 3 N–H and O–H groups in total. The number of carbonyl (C=O) groups is 1. The Hall–Kier alpha value is -3.41. The van der Waals surface area contributed by atoms with Gasteiger partial charge < -0.3 is 25.2 Å². The number of fused-ring (bicyclic) bond motifs is 1. The molecule has 3 rings (SSSR count). The van der Waals surface area contributed by atoms with Crippen molar-refractivity contribution in [2.75, 3.05) is 31.4 Å². The summed E-state index contributed by atoms with van der Waals surface area (Å²) in [6, 6.07) is 13.0. The molecule has 164 valence electrons. The van der Waals surface area contributed by atoms with E-state index in [4.69, 9.17) is 9.47 Å². The highest BCUT2D eigenvalue weighted by Crippen LogP contribution is 2.43. The van der Waals surface area contributed by atoms with E-state index in [2.05, 4.69) is 17.6 Å². The summed E-state index contributed by atoms with van der Waals surface area (Å²) in [5.41, 5.74) is 2.82. The van der Waals surface area contributed by atoms with E-state index in [0.29, 0.717) is 28.3 Å². The van der Waals surface area contributed by atoms with Gasteiger partial charge in [-0.05, 0) is 43.0 Å². The first-order valence-electron chi connectivity index (χ1n) is 10.5. The molecule has 6 nitrogen and oxygen atoms in total. The highest BCUT2D eigenvalue weighted by atomic mass is 16.5. The number of aromatic hydroxyl groups is 1. The summed E-state index contributed by atoms with van der Waals surface area (Å²) in [5, 5.41) is 19.0. The lowest BCUT2D eigenvalue weighted by Crippen LogP contribution is -2.15. The van der Waals surface area contributed by atoms with Crippen LogP contribution in [0.3, 0.4) is 0 Å². The number of unbranched alkanes of at least 4 members (excludes halogenated alkanes) is 1. The molecule has 0 aliphatic heterocycles. The second kappa shape index (κ2) is 10.1. The number of hydrogen-bond acceptors (Lipinski definition) is 5. The molecule has 0 spiro atoms. The zero-order valence-corrected chi connectivity index (χ0v) is 18.5. The van der Waals surface area contributed by atoms with Crippen LogP contribution < -0.4 is 20.1 Å². The maximum absolute atomic E-state index is 12.8. The summed E-state index contributed by atoms with van der Waals surface area (Å²) < 4.78 is 11.0. The SMILES string of the molecule is CCCCNc1c(C)c(O)c(CC(=O)Nc2ccccc2)c2cc(OC)c(OC)cc12. The molecule has 0 aliphatic rings. The van der Waals surface area contributed by atoms with Gasteiger partial charge in [-0.2, -0.15) is 0 Å². The van der Waals surface area contributed by atoms with Crippen LogP contribution in [0.5, 0.6) is 17.2 Å². The van der Waals surface area contributed by atoms with Crippen molar-refractivity contribution in [2.45, 2.75) is 33.1 Å². The molecule has 0 aliphatic carbocycles. The Labute approximate surface area is 183 Å². The van der Waals surface area contributed by atoms with Gasteiger partial charge in [0.05, 0.1) is 20.6 Å². The van der Waals surface area contributed by atoms with Crippen molar-refractivity contribution in [1.82, 2.24) is 0 Å². The van der Waals surface area contributed by atoms with Gasteiger partial charge in [-0.1, -0.05) is 31.5 Å². The summed E-state index contributed by atoms with van der Waals surface area (Å²) in [5.74, 6) is 1.05. The predicted molar refractivity (Wildman–Crippen MR) is 126 cm³/mol. The minimum Gasteiger partial charge on any atom is -0.507 e. The number of ether oxygens (including phenoxy) is 2. The molecule has 0 heterocycles. The zero-order chi connectivity index (χ0) is 22.4. The fourth-order valence-electron chi connectivity index (χ4n) is 3.69. The Morgan fingerprint density at radius 3 is 2.29 bits per heavy atom. The fourth-order valence-corrected chi connectivity index (χ4v) is 3.69. The van der Waals surface area contributed by atoms with E-state index in [1.807, 2.05) is 49.4 Å². The fraction of sp³-hybridized carbons (Fsp3) is 0.320. The van der Waals surface area contributed by atoms with Gasteiger partial charge in [-0.25, -0.2) is 0 Å². The molecule has 0 unspecified atom stereocenters. The summed E-state index contributed by atoms with van der Waals surface area (Å²) in [6.45, 7) is 4.78. The molecule has 31 heavy (non-hydrogen) atoms. The molecule has 0 fully saturated rings. The Bertz CT molecular complexity index is 1060. The first-order chi connectivity index (χ1) is 15.0. The average Bonchev–Trinajstić information content (AvgIpc) is 2.78. The van der Waals surface area contributed by atoms with Gasteiger partial charge in [-0.3, -0.25) is 4.79 Å². The van der Waals surface area contributed by atoms with Crippen molar-refractivity contribution in [2.24, 2.45) is 0 Å². The average molecular weight is 423 g/mol. The first-order valence-corrected chi connectivity index (χ1v) is 10.5. The number of para-hydroxylation sites is 1. The van der Waals surface area contributed by atoms with Crippen LogP contribution in [0.1, 0.15) is 30.9 Å². The maximum Gasteiger partial charge on any atom is 0.228 e. The molecule has 0 aromatic heterocycles. The van der Waals surface area contributed by atoms with Crippen molar-refractivity contribution >= 4 is 28.1 Å². The van der Waals surface area contributed by atoms with E-state index >= 15 is 0 Å². The topological polar surface area (TPSA) is 79.8 Å². The number of anilines is 2. The first kappa shape index (κ1) is 22.3. The monoisotopic (exact) mass is 422 g/mol. The second-order valence-corrected chi connectivity index (χ2v) is 7.45. The molecular formula is C25H30N2O4. The lowest BCUT2D eigenvalue weighted by Gasteiger charge is -2.20. The Morgan fingerprint density at radius 1 is 1.03 bits per heavy atom. The number of amides is 1. The number of carbonyl (C=O) groups excluding carboxylic acids is 1. The van der Waals surface area contributed by atoms with Gasteiger partial charge in [0.1, 0.15) is 5.75 Å². The van der Waals surface area contributed by atoms with Gasteiger partial charge >= 0.3 is 0 Å². The number of methoxy groups -OCH3 is 2. The summed E-state index contributed by atoms with van der Waals surface area (Å²) in [4.78, 5) is 12.8. The smallest absolute Gasteiger partial charge is 0.228 e. The van der Waals surface area contributed by atoms with E-state index in [1.165, 1.54) is 0 Å². The van der Waals surface area contributed by atoms with Crippen molar-refractivity contribution < 1.29 is 19.4 Å². The van der Waals surface area contributed by atoms with E-state index < -0.39 is 0 Å². The third-order valence-electron chi connectivity index (χ3n) is 5.36. The maximum atomic E-state index is 12.8. The Morgan fingerprint density at radius 2 is 1.68 bits per heavy atom. The third-order valence-corrected chi connectivity index (χ3v) is 5.36. The molecule has 3 aromatic rings. The van der Waals surface area contributed by atoms with E-state index in [9.17, 15) is 9.90 Å². The van der Waals surface area contributed by atoms with Gasteiger partial charge in [-0.15, -0.1) is 0 Å². The zero-order valence-electron chi connectivity index (χ0n) is 18.5. The van der Waals surface area contributed by atoms with Crippen molar-refractivity contribution in [3.8, 4) is 17.2 Å². The Kier molecular flexibility index (Phi) is 7.23. The van der Waals surface area contributed by atoms with E-state index in [-0.39, 0.29) is 18.1 Å². The highest BCUT2D eigenvalue weighted by molar-refractivity contribution is 6.04. The third kappa shape index (κ3) is 4.85. The summed E-state index contributed by atoms with van der Waals surface area (Å²) in [7, 11) is 3.16. The molecule has 0 saturated carbocycles. The lowest BCUT2D eigenvalue weighted by molar-refractivity contribution is -0.115. The van der Waals surface area contributed by atoms with Crippen molar-refractivity contribution in [3.05, 3.63) is 53.6 Å². The molecule has 0 radical (unpaired) electrons. The number of hydrogen-bond donors (Lipinski definition) is 3. The molecule has 0 saturated heterocycles. The van der Waals surface area contributed by atoms with Gasteiger partial charge in [0, 0.05) is 34.4 Å². The number of phenols is 1. The van der Waals surface area contributed by atoms with Crippen LogP contribution in [-0.2, 0) is 11.2 Å². The van der Waals surface area contributed by atoms with E-state index in [1.54, 1.807) is 14.2 Å². The molecule has 0 bridgehead atoms. The molecule has 3 aromatic carbocycles. The van der Waals surface area contributed by atoms with Gasteiger partial charge in [0.15, 0.2) is 11.5 Å². The summed E-state index contributed by atoms with van der Waals surface area (Å²) in [6.07, 6.45) is 2.10. The number of benzene rings is 3. The van der Waals surface area contributed by atoms with Crippen LogP contribution in [0.2, 0.25) is 0 Å². The van der Waals surface area contributed by atoms with Crippen LogP contribution in [0.15, 0.2) is 42.5 Å². The minimum atomic E-state index is -0.205. The number of nitrogens with one attached hydrogen (secondary N) is 2. The highest BCUT2D eigenvalue weighted by Gasteiger charge is 2.21. The number of phenolic OH excluding ortho intramolecular Hbond substituents is 1. The normalized spacial score (nSPS) is 10.7. The van der Waals surface area contributed by atoms with Crippen molar-refractivity contribution in [3.63, 3.8) is 0 Å². The van der Waals surface area contributed by atoms with Crippen LogP contribution >= 0.6 is 0 Å². The lowest BCUT2D eigenvalue weighted by atomic mass is 9.94. The molecule has 1 amide bonds. The minimum absolute atomic E-state index is 0.0305. The van der Waals surface area contributed by atoms with E-state index in [0.717, 1.165) is 35.8 Å². The largest absolute Gasteiger partial charge is 0.507 e.